The van der Waals surface area contributed by atoms with E-state index in [-0.39, 0.29) is 18.4 Å². The van der Waals surface area contributed by atoms with Crippen molar-refractivity contribution in [2.45, 2.75) is 18.9 Å². The lowest BCUT2D eigenvalue weighted by Gasteiger charge is -2.48. The summed E-state index contributed by atoms with van der Waals surface area (Å²) in [7, 11) is 0. The highest BCUT2D eigenvalue weighted by atomic mass is 32.1. The second-order valence-corrected chi connectivity index (χ2v) is 7.99. The third-order valence-corrected chi connectivity index (χ3v) is 6.34. The van der Waals surface area contributed by atoms with Crippen LogP contribution in [0.15, 0.2) is 46.9 Å². The van der Waals surface area contributed by atoms with Crippen molar-refractivity contribution in [3.63, 3.8) is 0 Å². The number of carbonyl (C=O) groups excluding carboxylic acids is 2. The molecule has 0 saturated carbocycles. The first kappa shape index (κ1) is 16.3. The van der Waals surface area contributed by atoms with Crippen LogP contribution in [0.1, 0.15) is 23.1 Å². The zero-order valence-electron chi connectivity index (χ0n) is 14.8. The van der Waals surface area contributed by atoms with Gasteiger partial charge in [-0.25, -0.2) is 5.01 Å². The lowest BCUT2D eigenvalue weighted by atomic mass is 9.83. The average molecular weight is 378 g/mol. The highest BCUT2D eigenvalue weighted by Crippen LogP contribution is 2.41. The summed E-state index contributed by atoms with van der Waals surface area (Å²) < 4.78 is 0. The molecule has 2 aromatic heterocycles. The molecule has 3 aromatic rings. The summed E-state index contributed by atoms with van der Waals surface area (Å²) in [5.74, 6) is -0.257. The normalized spacial score (nSPS) is 22.6. The topological polar surface area (TPSA) is 68.8 Å². The van der Waals surface area contributed by atoms with Gasteiger partial charge in [0, 0.05) is 22.3 Å². The lowest BCUT2D eigenvalue weighted by molar-refractivity contribution is -0.165. The van der Waals surface area contributed by atoms with Crippen molar-refractivity contribution < 1.29 is 9.59 Å². The van der Waals surface area contributed by atoms with Crippen LogP contribution < -0.4 is 0 Å². The largest absolute Gasteiger partial charge is 0.356 e. The monoisotopic (exact) mass is 378 g/mol. The molecule has 0 spiro atoms. The maximum absolute atomic E-state index is 13.4. The SMILES string of the molecule is C[C@@]12C(=O)N(N=Cc3cccs3)CC(=O)N1CCc1c2[nH]c2ccccc12. The summed E-state index contributed by atoms with van der Waals surface area (Å²) in [6, 6.07) is 11.9. The molecule has 0 bridgehead atoms. The molecule has 1 N–H and O–H groups in total. The van der Waals surface area contributed by atoms with Gasteiger partial charge in [0.2, 0.25) is 5.91 Å². The molecule has 2 amide bonds. The standard InChI is InChI=1S/C20H18N4O2S/c1-20-18-15(14-6-2-3-7-16(14)22-18)8-9-23(20)17(25)12-24(19(20)26)21-11-13-5-4-10-27-13/h2-7,10-11,22H,8-9,12H2,1H3/t20-/m1/s1. The second kappa shape index (κ2) is 5.79. The van der Waals surface area contributed by atoms with Crippen LogP contribution in [0.5, 0.6) is 0 Å². The third kappa shape index (κ3) is 2.28. The highest BCUT2D eigenvalue weighted by molar-refractivity contribution is 7.11. The van der Waals surface area contributed by atoms with Crippen molar-refractivity contribution in [2.24, 2.45) is 5.10 Å². The van der Waals surface area contributed by atoms with Gasteiger partial charge in [0.1, 0.15) is 6.54 Å². The molecular weight excluding hydrogens is 360 g/mol. The van der Waals surface area contributed by atoms with Gasteiger partial charge in [-0.05, 0) is 36.4 Å². The van der Waals surface area contributed by atoms with Crippen molar-refractivity contribution in [3.8, 4) is 0 Å². The van der Waals surface area contributed by atoms with Gasteiger partial charge < -0.3 is 9.88 Å². The Balaban J connectivity index is 1.61. The smallest absolute Gasteiger partial charge is 0.275 e. The van der Waals surface area contributed by atoms with E-state index < -0.39 is 5.54 Å². The van der Waals surface area contributed by atoms with Gasteiger partial charge >= 0.3 is 0 Å². The molecule has 27 heavy (non-hydrogen) atoms. The van der Waals surface area contributed by atoms with Crippen molar-refractivity contribution in [1.29, 1.82) is 0 Å². The van der Waals surface area contributed by atoms with Gasteiger partial charge in [-0.1, -0.05) is 24.3 Å². The molecule has 0 aliphatic carbocycles. The molecule has 0 radical (unpaired) electrons. The van der Waals surface area contributed by atoms with E-state index in [4.69, 9.17) is 0 Å². The van der Waals surface area contributed by atoms with Crippen LogP contribution in [0.3, 0.4) is 0 Å². The summed E-state index contributed by atoms with van der Waals surface area (Å²) in [5.41, 5.74) is 1.86. The van der Waals surface area contributed by atoms with Crippen LogP contribution in [-0.2, 0) is 21.5 Å². The number of aromatic amines is 1. The Morgan fingerprint density at radius 1 is 1.22 bits per heavy atom. The van der Waals surface area contributed by atoms with E-state index in [0.29, 0.717) is 6.54 Å². The van der Waals surface area contributed by atoms with Crippen LogP contribution in [0, 0.1) is 0 Å². The van der Waals surface area contributed by atoms with E-state index in [9.17, 15) is 9.59 Å². The molecule has 5 rings (SSSR count). The fraction of sp³-hybridized carbons (Fsp3) is 0.250. The Kier molecular flexibility index (Phi) is 3.48. The summed E-state index contributed by atoms with van der Waals surface area (Å²) in [5, 5.41) is 8.70. The minimum Gasteiger partial charge on any atom is -0.356 e. The third-order valence-electron chi connectivity index (χ3n) is 5.53. The van der Waals surface area contributed by atoms with Gasteiger partial charge in [-0.3, -0.25) is 9.59 Å². The summed E-state index contributed by atoms with van der Waals surface area (Å²) in [4.78, 5) is 32.3. The van der Waals surface area contributed by atoms with Gasteiger partial charge in [0.25, 0.3) is 5.91 Å². The number of aromatic nitrogens is 1. The van der Waals surface area contributed by atoms with E-state index in [1.165, 1.54) is 16.3 Å². The number of thiophene rings is 1. The van der Waals surface area contributed by atoms with Crippen LogP contribution >= 0.6 is 11.3 Å². The first-order valence-corrected chi connectivity index (χ1v) is 9.77. The van der Waals surface area contributed by atoms with Crippen LogP contribution in [-0.4, -0.2) is 46.0 Å². The van der Waals surface area contributed by atoms with Crippen molar-refractivity contribution in [2.75, 3.05) is 13.1 Å². The number of nitrogens with one attached hydrogen (secondary N) is 1. The molecule has 2 aliphatic rings. The Morgan fingerprint density at radius 3 is 2.89 bits per heavy atom. The number of benzene rings is 1. The number of hydrogen-bond acceptors (Lipinski definition) is 4. The number of fused-ring (bicyclic) bond motifs is 5. The van der Waals surface area contributed by atoms with E-state index >= 15 is 0 Å². The Labute approximate surface area is 160 Å². The molecule has 1 saturated heterocycles. The summed E-state index contributed by atoms with van der Waals surface area (Å²) >= 11 is 1.54. The number of rotatable bonds is 2. The molecule has 6 nitrogen and oxygen atoms in total. The number of piperazine rings is 1. The minimum absolute atomic E-state index is 0.0220. The fourth-order valence-corrected chi connectivity index (χ4v) is 4.75. The van der Waals surface area contributed by atoms with Crippen LogP contribution in [0.4, 0.5) is 0 Å². The number of H-pyrrole nitrogens is 1. The number of carbonyl (C=O) groups is 2. The predicted molar refractivity (Wildman–Crippen MR) is 105 cm³/mol. The molecule has 4 heterocycles. The van der Waals surface area contributed by atoms with Gasteiger partial charge in [-0.2, -0.15) is 5.10 Å². The molecule has 7 heteroatoms. The Hall–Kier alpha value is -2.93. The highest BCUT2D eigenvalue weighted by Gasteiger charge is 2.54. The fourth-order valence-electron chi connectivity index (χ4n) is 4.18. The zero-order chi connectivity index (χ0) is 18.6. The van der Waals surface area contributed by atoms with Crippen molar-refractivity contribution in [1.82, 2.24) is 14.9 Å². The molecule has 1 atom stereocenters. The Bertz CT molecular complexity index is 1080. The second-order valence-electron chi connectivity index (χ2n) is 7.01. The van der Waals surface area contributed by atoms with E-state index in [1.54, 1.807) is 11.1 Å². The lowest BCUT2D eigenvalue weighted by Crippen LogP contribution is -2.65. The molecule has 0 unspecified atom stereocenters. The van der Waals surface area contributed by atoms with Crippen LogP contribution in [0.25, 0.3) is 10.9 Å². The molecule has 2 aliphatic heterocycles. The summed E-state index contributed by atoms with van der Waals surface area (Å²) in [6.45, 7) is 2.34. The number of hydrazone groups is 1. The first-order chi connectivity index (χ1) is 13.1. The van der Waals surface area contributed by atoms with E-state index in [2.05, 4.69) is 16.2 Å². The van der Waals surface area contributed by atoms with Crippen molar-refractivity contribution >= 4 is 40.3 Å². The predicted octanol–water partition coefficient (Wildman–Crippen LogP) is 2.71. The molecule has 1 fully saturated rings. The van der Waals surface area contributed by atoms with Gasteiger partial charge in [-0.15, -0.1) is 11.3 Å². The maximum Gasteiger partial charge on any atom is 0.275 e. The molecule has 1 aromatic carbocycles. The zero-order valence-corrected chi connectivity index (χ0v) is 15.6. The van der Waals surface area contributed by atoms with Gasteiger partial charge in [0.05, 0.1) is 11.9 Å². The minimum atomic E-state index is -1.06. The van der Waals surface area contributed by atoms with Gasteiger partial charge in [0.15, 0.2) is 5.54 Å². The average Bonchev–Trinajstić information content (AvgIpc) is 3.32. The maximum atomic E-state index is 13.4. The number of nitrogens with zero attached hydrogens (tertiary/aromatic N) is 3. The van der Waals surface area contributed by atoms with Crippen LogP contribution in [0.2, 0.25) is 0 Å². The molecule has 136 valence electrons. The van der Waals surface area contributed by atoms with E-state index in [0.717, 1.165) is 33.5 Å². The summed E-state index contributed by atoms with van der Waals surface area (Å²) in [6.07, 6.45) is 2.39. The number of hydrogen-bond donors (Lipinski definition) is 1. The number of amides is 2. The van der Waals surface area contributed by atoms with Crippen molar-refractivity contribution in [3.05, 3.63) is 57.9 Å². The Morgan fingerprint density at radius 2 is 2.07 bits per heavy atom. The number of para-hydroxylation sites is 1. The quantitative estimate of drug-likeness (QED) is 0.697. The first-order valence-electron chi connectivity index (χ1n) is 8.89. The molecular formula is C20H18N4O2S. The van der Waals surface area contributed by atoms with E-state index in [1.807, 2.05) is 42.6 Å².